The number of alkyl halides is 1. The van der Waals surface area contributed by atoms with Crippen molar-refractivity contribution >= 4 is 28.2 Å². The van der Waals surface area contributed by atoms with E-state index in [1.165, 1.54) is 6.07 Å². The number of benzene rings is 3. The first-order valence-electron chi connectivity index (χ1n) is 10.5. The van der Waals surface area contributed by atoms with Crippen molar-refractivity contribution in [3.05, 3.63) is 94.4 Å². The summed E-state index contributed by atoms with van der Waals surface area (Å²) < 4.78 is 22.1. The Balaban J connectivity index is 1.93. The van der Waals surface area contributed by atoms with Gasteiger partial charge in [0, 0.05) is 30.4 Å². The fourth-order valence-corrected chi connectivity index (χ4v) is 3.89. The van der Waals surface area contributed by atoms with E-state index in [4.69, 9.17) is 16.3 Å². The molecule has 0 atom stereocenters. The van der Waals surface area contributed by atoms with Gasteiger partial charge in [-0.15, -0.1) is 11.6 Å². The van der Waals surface area contributed by atoms with E-state index in [1.54, 1.807) is 19.2 Å². The van der Waals surface area contributed by atoms with Gasteiger partial charge in [-0.2, -0.15) is 0 Å². The molecule has 164 valence electrons. The first kappa shape index (κ1) is 21.9. The zero-order valence-electron chi connectivity index (χ0n) is 17.8. The molecule has 0 fully saturated rings. The van der Waals surface area contributed by atoms with Gasteiger partial charge in [0.2, 0.25) is 0 Å². The van der Waals surface area contributed by atoms with Gasteiger partial charge in [-0.3, -0.25) is 4.79 Å². The van der Waals surface area contributed by atoms with Crippen LogP contribution in [0.3, 0.4) is 0 Å². The summed E-state index contributed by atoms with van der Waals surface area (Å²) in [5.74, 6) is 0.773. The maximum absolute atomic E-state index is 14.7. The van der Waals surface area contributed by atoms with Crippen LogP contribution in [-0.4, -0.2) is 24.1 Å². The number of pyridine rings is 1. The number of nitrogens with zero attached hydrogens (tertiary/aromatic N) is 1. The Hall–Kier alpha value is -3.31. The molecule has 0 radical (unpaired) electrons. The van der Waals surface area contributed by atoms with Gasteiger partial charge in [-0.05, 0) is 53.9 Å². The predicted octanol–water partition coefficient (Wildman–Crippen LogP) is 5.91. The van der Waals surface area contributed by atoms with E-state index in [1.807, 2.05) is 54.6 Å². The first-order valence-corrected chi connectivity index (χ1v) is 11.0. The number of halogens is 2. The smallest absolute Gasteiger partial charge is 0.190 e. The minimum Gasteiger partial charge on any atom is -0.497 e. The predicted molar refractivity (Wildman–Crippen MR) is 130 cm³/mol. The summed E-state index contributed by atoms with van der Waals surface area (Å²) in [6.07, 6.45) is 0.710. The zero-order valence-corrected chi connectivity index (χ0v) is 18.5. The lowest BCUT2D eigenvalue weighted by Crippen LogP contribution is -2.14. The summed E-state index contributed by atoms with van der Waals surface area (Å²) in [7, 11) is 1.61. The molecule has 4 nitrogen and oxygen atoms in total. The Morgan fingerprint density at radius 2 is 1.78 bits per heavy atom. The van der Waals surface area contributed by atoms with Crippen molar-refractivity contribution < 1.29 is 9.13 Å². The van der Waals surface area contributed by atoms with Crippen LogP contribution in [0.15, 0.2) is 77.6 Å². The molecule has 0 unspecified atom stereocenters. The highest BCUT2D eigenvalue weighted by molar-refractivity contribution is 6.17. The lowest BCUT2D eigenvalue weighted by atomic mass is 10.1. The molecule has 1 N–H and O–H groups in total. The van der Waals surface area contributed by atoms with Crippen LogP contribution in [0.25, 0.3) is 22.2 Å². The van der Waals surface area contributed by atoms with Crippen LogP contribution in [0, 0.1) is 5.82 Å². The number of rotatable bonds is 8. The number of hydrogen-bond donors (Lipinski definition) is 1. The highest BCUT2D eigenvalue weighted by Crippen LogP contribution is 2.28. The molecule has 0 aliphatic heterocycles. The van der Waals surface area contributed by atoms with E-state index >= 15 is 0 Å². The third kappa shape index (κ3) is 4.63. The van der Waals surface area contributed by atoms with Crippen molar-refractivity contribution in [1.82, 2.24) is 4.57 Å². The Labute approximate surface area is 191 Å². The molecular weight excluding hydrogens is 427 g/mol. The third-order valence-electron chi connectivity index (χ3n) is 5.40. The van der Waals surface area contributed by atoms with Crippen molar-refractivity contribution in [2.24, 2.45) is 0 Å². The molecule has 0 spiro atoms. The monoisotopic (exact) mass is 450 g/mol. The Morgan fingerprint density at radius 3 is 2.47 bits per heavy atom. The van der Waals surface area contributed by atoms with Gasteiger partial charge in [0.15, 0.2) is 5.43 Å². The second-order valence-electron chi connectivity index (χ2n) is 7.51. The van der Waals surface area contributed by atoms with Crippen LogP contribution < -0.4 is 15.5 Å². The number of hydrogen-bond acceptors (Lipinski definition) is 3. The molecule has 3 aromatic carbocycles. The second kappa shape index (κ2) is 9.88. The molecule has 0 amide bonds. The number of nitrogens with one attached hydrogen (secondary N) is 1. The largest absolute Gasteiger partial charge is 0.497 e. The van der Waals surface area contributed by atoms with Crippen LogP contribution in [-0.2, 0) is 6.54 Å². The molecule has 6 heteroatoms. The molecule has 1 aromatic heterocycles. The molecule has 0 saturated carbocycles. The zero-order chi connectivity index (χ0) is 22.5. The van der Waals surface area contributed by atoms with Crippen molar-refractivity contribution in [3.63, 3.8) is 0 Å². The summed E-state index contributed by atoms with van der Waals surface area (Å²) in [5, 5.41) is 3.45. The van der Waals surface area contributed by atoms with Gasteiger partial charge in [-0.1, -0.05) is 30.3 Å². The molecule has 1 heterocycles. The lowest BCUT2D eigenvalue weighted by molar-refractivity contribution is 0.415. The van der Waals surface area contributed by atoms with E-state index < -0.39 is 5.82 Å². The molecule has 32 heavy (non-hydrogen) atoms. The number of fused-ring (bicyclic) bond motifs is 1. The molecular formula is C26H24ClFN2O2. The van der Waals surface area contributed by atoms with Crippen LogP contribution >= 0.6 is 11.6 Å². The summed E-state index contributed by atoms with van der Waals surface area (Å²) in [6.45, 7) is 1.08. The normalized spacial score (nSPS) is 11.0. The minimum atomic E-state index is -0.451. The van der Waals surface area contributed by atoms with Gasteiger partial charge < -0.3 is 14.6 Å². The number of ether oxygens (including phenoxy) is 1. The quantitative estimate of drug-likeness (QED) is 0.268. The Morgan fingerprint density at radius 1 is 1.03 bits per heavy atom. The number of anilines is 1. The van der Waals surface area contributed by atoms with Gasteiger partial charge in [0.05, 0.1) is 24.0 Å². The average Bonchev–Trinajstić information content (AvgIpc) is 2.82. The van der Waals surface area contributed by atoms with Crippen molar-refractivity contribution in [1.29, 1.82) is 0 Å². The molecule has 0 bridgehead atoms. The van der Waals surface area contributed by atoms with Gasteiger partial charge in [0.25, 0.3) is 0 Å². The van der Waals surface area contributed by atoms with Crippen LogP contribution in [0.4, 0.5) is 10.1 Å². The van der Waals surface area contributed by atoms with Gasteiger partial charge in [0.1, 0.15) is 11.6 Å². The summed E-state index contributed by atoms with van der Waals surface area (Å²) in [4.78, 5) is 13.0. The van der Waals surface area contributed by atoms with E-state index in [9.17, 15) is 9.18 Å². The van der Waals surface area contributed by atoms with Crippen molar-refractivity contribution in [3.8, 4) is 17.0 Å². The molecule has 0 aliphatic carbocycles. The fourth-order valence-electron chi connectivity index (χ4n) is 3.75. The number of aromatic nitrogens is 1. The van der Waals surface area contributed by atoms with Crippen LogP contribution in [0.5, 0.6) is 5.75 Å². The van der Waals surface area contributed by atoms with Gasteiger partial charge >= 0.3 is 0 Å². The number of methoxy groups -OCH3 is 1. The first-order chi connectivity index (χ1) is 15.6. The highest BCUT2D eigenvalue weighted by atomic mass is 35.5. The maximum Gasteiger partial charge on any atom is 0.190 e. The van der Waals surface area contributed by atoms with E-state index in [-0.39, 0.29) is 5.43 Å². The SMILES string of the molecule is COc1ccc(-c2cc(=O)c3cc(F)c(NCCCCl)cc3n2Cc2ccccc2)cc1. The van der Waals surface area contributed by atoms with Crippen LogP contribution in [0.1, 0.15) is 12.0 Å². The molecule has 4 aromatic rings. The van der Waals surface area contributed by atoms with Crippen molar-refractivity contribution in [2.45, 2.75) is 13.0 Å². The van der Waals surface area contributed by atoms with E-state index in [0.29, 0.717) is 42.0 Å². The summed E-state index contributed by atoms with van der Waals surface area (Å²) in [5.41, 5.74) is 3.52. The molecule has 0 saturated heterocycles. The highest BCUT2D eigenvalue weighted by Gasteiger charge is 2.15. The van der Waals surface area contributed by atoms with Crippen LogP contribution in [0.2, 0.25) is 0 Å². The minimum absolute atomic E-state index is 0.221. The second-order valence-corrected chi connectivity index (χ2v) is 7.89. The lowest BCUT2D eigenvalue weighted by Gasteiger charge is -2.19. The fraction of sp³-hybridized carbons (Fsp3) is 0.192. The maximum atomic E-state index is 14.7. The van der Waals surface area contributed by atoms with Crippen molar-refractivity contribution in [2.75, 3.05) is 24.9 Å². The molecule has 4 rings (SSSR count). The van der Waals surface area contributed by atoms with E-state index in [2.05, 4.69) is 9.88 Å². The Bertz CT molecular complexity index is 1270. The summed E-state index contributed by atoms with van der Waals surface area (Å²) >= 11 is 5.76. The summed E-state index contributed by atoms with van der Waals surface area (Å²) in [6, 6.07) is 22.2. The van der Waals surface area contributed by atoms with E-state index in [0.717, 1.165) is 22.6 Å². The third-order valence-corrected chi connectivity index (χ3v) is 5.66. The Kier molecular flexibility index (Phi) is 6.76. The standard InChI is InChI=1S/C26H24ClFN2O2/c1-32-20-10-8-19(9-11-20)24-16-26(31)21-14-22(28)23(29-13-5-12-27)15-25(21)30(24)17-18-6-3-2-4-7-18/h2-4,6-11,14-16,29H,5,12-13,17H2,1H3. The topological polar surface area (TPSA) is 43.3 Å². The molecule has 0 aliphatic rings. The van der Waals surface area contributed by atoms with Gasteiger partial charge in [-0.25, -0.2) is 4.39 Å². The average molecular weight is 451 g/mol.